The van der Waals surface area contributed by atoms with Crippen LogP contribution in [-0.4, -0.2) is 30.5 Å². The standard InChI is InChI=1S/C12H18N2O2/c1-3-9-4-5-10(14-7-9)6-12(15)11(13)8-16-2/h4-5,7,11H,3,6,8,13H2,1-2H3. The molecular weight excluding hydrogens is 204 g/mol. The van der Waals surface area contributed by atoms with Crippen LogP contribution in [0.1, 0.15) is 18.2 Å². The molecule has 0 saturated carbocycles. The summed E-state index contributed by atoms with van der Waals surface area (Å²) in [7, 11) is 1.53. The van der Waals surface area contributed by atoms with Gasteiger partial charge >= 0.3 is 0 Å². The van der Waals surface area contributed by atoms with Crippen LogP contribution in [0.3, 0.4) is 0 Å². The van der Waals surface area contributed by atoms with Crippen LogP contribution in [0.25, 0.3) is 0 Å². The summed E-state index contributed by atoms with van der Waals surface area (Å²) in [6, 6.07) is 3.30. The summed E-state index contributed by atoms with van der Waals surface area (Å²) in [5, 5.41) is 0. The number of rotatable bonds is 6. The lowest BCUT2D eigenvalue weighted by atomic mass is 10.1. The molecule has 0 aliphatic rings. The predicted molar refractivity (Wildman–Crippen MR) is 62.2 cm³/mol. The molecule has 88 valence electrons. The average Bonchev–Trinajstić information content (AvgIpc) is 2.30. The van der Waals surface area contributed by atoms with Crippen molar-refractivity contribution in [1.29, 1.82) is 0 Å². The fourth-order valence-corrected chi connectivity index (χ4v) is 1.35. The number of hydrogen-bond acceptors (Lipinski definition) is 4. The van der Waals surface area contributed by atoms with Gasteiger partial charge in [0.25, 0.3) is 0 Å². The maximum absolute atomic E-state index is 11.6. The topological polar surface area (TPSA) is 65.2 Å². The zero-order valence-electron chi connectivity index (χ0n) is 9.77. The Balaban J connectivity index is 2.55. The van der Waals surface area contributed by atoms with E-state index < -0.39 is 6.04 Å². The Hall–Kier alpha value is -1.26. The highest BCUT2D eigenvalue weighted by atomic mass is 16.5. The van der Waals surface area contributed by atoms with Gasteiger partial charge in [-0.1, -0.05) is 13.0 Å². The third-order valence-electron chi connectivity index (χ3n) is 2.41. The minimum atomic E-state index is -0.558. The van der Waals surface area contributed by atoms with Crippen LogP contribution >= 0.6 is 0 Å². The van der Waals surface area contributed by atoms with E-state index in [1.54, 1.807) is 6.20 Å². The van der Waals surface area contributed by atoms with Gasteiger partial charge < -0.3 is 10.5 Å². The number of pyridine rings is 1. The first-order valence-corrected chi connectivity index (χ1v) is 5.38. The first-order valence-electron chi connectivity index (χ1n) is 5.38. The molecule has 0 aliphatic heterocycles. The van der Waals surface area contributed by atoms with E-state index >= 15 is 0 Å². The number of nitrogens with two attached hydrogens (primary N) is 1. The zero-order valence-corrected chi connectivity index (χ0v) is 9.77. The summed E-state index contributed by atoms with van der Waals surface area (Å²) in [4.78, 5) is 15.8. The van der Waals surface area contributed by atoms with Crippen molar-refractivity contribution < 1.29 is 9.53 Å². The molecule has 4 nitrogen and oxygen atoms in total. The Kier molecular flexibility index (Phi) is 5.08. The number of aromatic nitrogens is 1. The highest BCUT2D eigenvalue weighted by molar-refractivity contribution is 5.85. The molecule has 0 radical (unpaired) electrons. The largest absolute Gasteiger partial charge is 0.383 e. The molecule has 2 N–H and O–H groups in total. The second-order valence-electron chi connectivity index (χ2n) is 3.72. The van der Waals surface area contributed by atoms with E-state index in [9.17, 15) is 4.79 Å². The second-order valence-corrected chi connectivity index (χ2v) is 3.72. The summed E-state index contributed by atoms with van der Waals surface area (Å²) < 4.78 is 4.83. The Bertz CT molecular complexity index is 335. The van der Waals surface area contributed by atoms with Gasteiger partial charge in [0.2, 0.25) is 0 Å². The van der Waals surface area contributed by atoms with Gasteiger partial charge in [-0.2, -0.15) is 0 Å². The zero-order chi connectivity index (χ0) is 12.0. The Morgan fingerprint density at radius 3 is 2.81 bits per heavy atom. The Morgan fingerprint density at radius 2 is 2.31 bits per heavy atom. The molecule has 1 heterocycles. The number of carbonyl (C=O) groups excluding carboxylic acids is 1. The van der Waals surface area contributed by atoms with Crippen LogP contribution in [0.4, 0.5) is 0 Å². The van der Waals surface area contributed by atoms with Crippen LogP contribution in [0.5, 0.6) is 0 Å². The minimum Gasteiger partial charge on any atom is -0.383 e. The van der Waals surface area contributed by atoms with E-state index in [1.165, 1.54) is 7.11 Å². The fourth-order valence-electron chi connectivity index (χ4n) is 1.35. The van der Waals surface area contributed by atoms with Gasteiger partial charge in [0, 0.05) is 19.0 Å². The second kappa shape index (κ2) is 6.35. The lowest BCUT2D eigenvalue weighted by Crippen LogP contribution is -2.36. The molecule has 1 aromatic rings. The Morgan fingerprint density at radius 1 is 1.56 bits per heavy atom. The smallest absolute Gasteiger partial charge is 0.157 e. The summed E-state index contributed by atoms with van der Waals surface area (Å²) in [6.45, 7) is 2.32. The van der Waals surface area contributed by atoms with E-state index in [0.29, 0.717) is 0 Å². The van der Waals surface area contributed by atoms with Gasteiger partial charge in [-0.05, 0) is 18.1 Å². The van der Waals surface area contributed by atoms with Crippen molar-refractivity contribution in [3.63, 3.8) is 0 Å². The van der Waals surface area contributed by atoms with Gasteiger partial charge in [-0.25, -0.2) is 0 Å². The third kappa shape index (κ3) is 3.72. The lowest BCUT2D eigenvalue weighted by molar-refractivity contribution is -0.120. The number of carbonyl (C=O) groups is 1. The molecule has 0 spiro atoms. The highest BCUT2D eigenvalue weighted by Gasteiger charge is 2.13. The van der Waals surface area contributed by atoms with Crippen molar-refractivity contribution in [2.75, 3.05) is 13.7 Å². The van der Waals surface area contributed by atoms with Crippen molar-refractivity contribution in [3.05, 3.63) is 29.6 Å². The molecule has 1 aromatic heterocycles. The number of methoxy groups -OCH3 is 1. The lowest BCUT2D eigenvalue weighted by Gasteiger charge is -2.08. The van der Waals surface area contributed by atoms with Crippen molar-refractivity contribution >= 4 is 5.78 Å². The van der Waals surface area contributed by atoms with E-state index in [0.717, 1.165) is 17.7 Å². The van der Waals surface area contributed by atoms with Gasteiger partial charge in [0.05, 0.1) is 19.1 Å². The van der Waals surface area contributed by atoms with Crippen molar-refractivity contribution in [2.45, 2.75) is 25.8 Å². The van der Waals surface area contributed by atoms with E-state index in [-0.39, 0.29) is 18.8 Å². The van der Waals surface area contributed by atoms with Gasteiger partial charge in [-0.15, -0.1) is 0 Å². The minimum absolute atomic E-state index is 0.0430. The SMILES string of the molecule is CCc1ccc(CC(=O)C(N)COC)nc1. The number of ketones is 1. The summed E-state index contributed by atoms with van der Waals surface area (Å²) in [5.74, 6) is -0.0430. The first-order chi connectivity index (χ1) is 7.67. The normalized spacial score (nSPS) is 12.4. The van der Waals surface area contributed by atoms with Crippen LogP contribution in [0.2, 0.25) is 0 Å². The predicted octanol–water partition coefficient (Wildman–Crippen LogP) is 0.729. The van der Waals surface area contributed by atoms with Crippen molar-refractivity contribution in [3.8, 4) is 0 Å². The highest BCUT2D eigenvalue weighted by Crippen LogP contribution is 2.03. The number of Topliss-reactive ketones (excluding diaryl/α,β-unsaturated/α-hetero) is 1. The van der Waals surface area contributed by atoms with Crippen molar-refractivity contribution in [2.24, 2.45) is 5.73 Å². The molecule has 0 amide bonds. The molecule has 0 aromatic carbocycles. The molecular formula is C12H18N2O2. The number of nitrogens with zero attached hydrogens (tertiary/aromatic N) is 1. The fraction of sp³-hybridized carbons (Fsp3) is 0.500. The molecule has 4 heteroatoms. The summed E-state index contributed by atoms with van der Waals surface area (Å²) in [6.07, 6.45) is 3.02. The van der Waals surface area contributed by atoms with Crippen LogP contribution in [-0.2, 0) is 22.4 Å². The summed E-state index contributed by atoms with van der Waals surface area (Å²) >= 11 is 0. The van der Waals surface area contributed by atoms with Crippen LogP contribution in [0, 0.1) is 0 Å². The molecule has 16 heavy (non-hydrogen) atoms. The molecule has 1 atom stereocenters. The molecule has 0 saturated heterocycles. The van der Waals surface area contributed by atoms with E-state index in [4.69, 9.17) is 10.5 Å². The van der Waals surface area contributed by atoms with Gasteiger partial charge in [-0.3, -0.25) is 9.78 Å². The monoisotopic (exact) mass is 222 g/mol. The van der Waals surface area contributed by atoms with Gasteiger partial charge in [0.1, 0.15) is 0 Å². The Labute approximate surface area is 95.8 Å². The van der Waals surface area contributed by atoms with Crippen molar-refractivity contribution in [1.82, 2.24) is 4.98 Å². The summed E-state index contributed by atoms with van der Waals surface area (Å²) in [5.41, 5.74) is 7.55. The number of aryl methyl sites for hydroxylation is 1. The molecule has 0 bridgehead atoms. The van der Waals surface area contributed by atoms with Gasteiger partial charge in [0.15, 0.2) is 5.78 Å². The average molecular weight is 222 g/mol. The molecule has 1 unspecified atom stereocenters. The third-order valence-corrected chi connectivity index (χ3v) is 2.41. The van der Waals surface area contributed by atoms with E-state index in [1.807, 2.05) is 12.1 Å². The molecule has 0 aliphatic carbocycles. The quantitative estimate of drug-likeness (QED) is 0.770. The van der Waals surface area contributed by atoms with Crippen LogP contribution < -0.4 is 5.73 Å². The molecule has 1 rings (SSSR count). The maximum Gasteiger partial charge on any atom is 0.157 e. The molecule has 0 fully saturated rings. The first kappa shape index (κ1) is 12.8. The number of hydrogen-bond donors (Lipinski definition) is 1. The van der Waals surface area contributed by atoms with E-state index in [2.05, 4.69) is 11.9 Å². The maximum atomic E-state index is 11.6. The number of ether oxygens (including phenoxy) is 1. The van der Waals surface area contributed by atoms with Crippen LogP contribution in [0.15, 0.2) is 18.3 Å².